The van der Waals surface area contributed by atoms with Crippen LogP contribution in [0.25, 0.3) is 17.3 Å². The molecule has 232 valence electrons. The van der Waals surface area contributed by atoms with Crippen molar-refractivity contribution in [3.8, 4) is 11.3 Å². The number of amidine groups is 1. The van der Waals surface area contributed by atoms with Crippen LogP contribution in [0.15, 0.2) is 35.2 Å². The summed E-state index contributed by atoms with van der Waals surface area (Å²) in [5, 5.41) is 1.34. The zero-order valence-corrected chi connectivity index (χ0v) is 26.1. The molecule has 2 aromatic rings. The molecule has 0 aromatic carbocycles. The Hall–Kier alpha value is -4.39. The molecule has 3 amide bonds. The molecular formula is C30H41N7O6. The number of pyridine rings is 1. The van der Waals surface area contributed by atoms with E-state index in [0.29, 0.717) is 41.2 Å². The average Bonchev–Trinajstić information content (AvgIpc) is 3.07. The Morgan fingerprint density at radius 1 is 0.930 bits per heavy atom. The van der Waals surface area contributed by atoms with Gasteiger partial charge in [-0.05, 0) is 67.0 Å². The summed E-state index contributed by atoms with van der Waals surface area (Å²) in [6.07, 6.45) is 5.54. The second-order valence-electron chi connectivity index (χ2n) is 11.8. The predicted octanol–water partition coefficient (Wildman–Crippen LogP) is 5.18. The number of rotatable bonds is 8. The standard InChI is InChI=1S/C30H41N7O6/c1-9-11-37(41-10-2)26(38)19-12-20-15-32-22(14-23(20)35-24(31)13-19)21-16-33-25(34-17-21)18-36(27(39)42-29(3,4)5)28(40)43-30(6,7)8/h12,14-17H,9-11,13,18H2,1-8H3,(H2,31,35). The molecule has 0 bridgehead atoms. The lowest BCUT2D eigenvalue weighted by atomic mass is 10.1. The third kappa shape index (κ3) is 9.57. The number of hydroxylamine groups is 2. The number of aromatic nitrogens is 3. The number of nitrogens with zero attached hydrogens (tertiary/aromatic N) is 6. The maximum Gasteiger partial charge on any atom is 0.420 e. The average molecular weight is 596 g/mol. The van der Waals surface area contributed by atoms with Gasteiger partial charge in [-0.2, -0.15) is 0 Å². The van der Waals surface area contributed by atoms with Crippen LogP contribution in [0.2, 0.25) is 0 Å². The molecule has 3 heterocycles. The van der Waals surface area contributed by atoms with Gasteiger partial charge in [-0.3, -0.25) is 14.6 Å². The monoisotopic (exact) mass is 595 g/mol. The van der Waals surface area contributed by atoms with E-state index < -0.39 is 23.4 Å². The van der Waals surface area contributed by atoms with E-state index in [-0.39, 0.29) is 30.5 Å². The van der Waals surface area contributed by atoms with Crippen molar-refractivity contribution in [2.45, 2.75) is 86.0 Å². The maximum absolute atomic E-state index is 13.1. The molecular weight excluding hydrogens is 554 g/mol. The van der Waals surface area contributed by atoms with Gasteiger partial charge >= 0.3 is 12.2 Å². The van der Waals surface area contributed by atoms with Crippen LogP contribution in [-0.4, -0.2) is 73.2 Å². The third-order valence-corrected chi connectivity index (χ3v) is 5.62. The first-order valence-corrected chi connectivity index (χ1v) is 14.1. The lowest BCUT2D eigenvalue weighted by Crippen LogP contribution is -2.43. The van der Waals surface area contributed by atoms with Crippen LogP contribution in [0.1, 0.15) is 79.6 Å². The molecule has 0 fully saturated rings. The van der Waals surface area contributed by atoms with E-state index in [2.05, 4.69) is 19.9 Å². The Balaban J connectivity index is 1.86. The van der Waals surface area contributed by atoms with Crippen molar-refractivity contribution >= 4 is 35.7 Å². The molecule has 1 aliphatic rings. The summed E-state index contributed by atoms with van der Waals surface area (Å²) in [7, 11) is 0. The fraction of sp³-hybridized carbons (Fsp3) is 0.500. The summed E-state index contributed by atoms with van der Waals surface area (Å²) in [5.74, 6) is 0.198. The Labute approximate surface area is 252 Å². The summed E-state index contributed by atoms with van der Waals surface area (Å²) in [5.41, 5.74) is 7.22. The number of carbonyl (C=O) groups excluding carboxylic acids is 3. The number of hydrogen-bond acceptors (Lipinski definition) is 11. The van der Waals surface area contributed by atoms with E-state index in [0.717, 1.165) is 11.3 Å². The van der Waals surface area contributed by atoms with E-state index in [9.17, 15) is 14.4 Å². The molecule has 3 rings (SSSR count). The number of aliphatic imine (C=N–C) groups is 1. The van der Waals surface area contributed by atoms with Crippen molar-refractivity contribution in [3.05, 3.63) is 41.6 Å². The molecule has 2 aromatic heterocycles. The largest absolute Gasteiger partial charge is 0.443 e. The van der Waals surface area contributed by atoms with Gasteiger partial charge in [-0.25, -0.2) is 34.5 Å². The van der Waals surface area contributed by atoms with Gasteiger partial charge in [0, 0.05) is 48.3 Å². The Morgan fingerprint density at radius 2 is 1.53 bits per heavy atom. The van der Waals surface area contributed by atoms with Crippen molar-refractivity contribution in [1.29, 1.82) is 0 Å². The molecule has 0 aliphatic carbocycles. The molecule has 0 atom stereocenters. The van der Waals surface area contributed by atoms with Crippen LogP contribution >= 0.6 is 0 Å². The highest BCUT2D eigenvalue weighted by Crippen LogP contribution is 2.30. The number of imide groups is 1. The fourth-order valence-electron chi connectivity index (χ4n) is 3.88. The highest BCUT2D eigenvalue weighted by atomic mass is 16.7. The second-order valence-corrected chi connectivity index (χ2v) is 11.8. The van der Waals surface area contributed by atoms with Gasteiger partial charge in [0.05, 0.1) is 24.5 Å². The van der Waals surface area contributed by atoms with E-state index >= 15 is 0 Å². The number of carbonyl (C=O) groups is 3. The minimum absolute atomic E-state index is 0.166. The van der Waals surface area contributed by atoms with Crippen LogP contribution < -0.4 is 5.73 Å². The van der Waals surface area contributed by atoms with Gasteiger partial charge < -0.3 is 15.2 Å². The Kier molecular flexibility index (Phi) is 10.6. The van der Waals surface area contributed by atoms with Crippen molar-refractivity contribution in [2.75, 3.05) is 13.2 Å². The molecule has 0 radical (unpaired) electrons. The van der Waals surface area contributed by atoms with Gasteiger partial charge in [0.15, 0.2) is 0 Å². The molecule has 2 N–H and O–H groups in total. The van der Waals surface area contributed by atoms with Crippen LogP contribution in [0, 0.1) is 0 Å². The lowest BCUT2D eigenvalue weighted by molar-refractivity contribution is -0.180. The van der Waals surface area contributed by atoms with E-state index in [1.165, 1.54) is 17.5 Å². The summed E-state index contributed by atoms with van der Waals surface area (Å²) < 4.78 is 10.8. The molecule has 13 nitrogen and oxygen atoms in total. The normalized spacial score (nSPS) is 13.2. The molecule has 0 unspecified atom stereocenters. The van der Waals surface area contributed by atoms with Gasteiger partial charge in [-0.15, -0.1) is 0 Å². The maximum atomic E-state index is 13.1. The summed E-state index contributed by atoms with van der Waals surface area (Å²) >= 11 is 0. The predicted molar refractivity (Wildman–Crippen MR) is 161 cm³/mol. The zero-order chi connectivity index (χ0) is 31.9. The van der Waals surface area contributed by atoms with Gasteiger partial charge in [0.25, 0.3) is 5.91 Å². The minimum Gasteiger partial charge on any atom is -0.443 e. The van der Waals surface area contributed by atoms with Crippen LogP contribution in [0.3, 0.4) is 0 Å². The van der Waals surface area contributed by atoms with Gasteiger partial charge in [0.2, 0.25) is 0 Å². The van der Waals surface area contributed by atoms with Crippen molar-refractivity contribution in [1.82, 2.24) is 24.9 Å². The number of ether oxygens (including phenoxy) is 2. The third-order valence-electron chi connectivity index (χ3n) is 5.62. The molecule has 0 spiro atoms. The quantitative estimate of drug-likeness (QED) is 0.403. The topological polar surface area (TPSA) is 162 Å². The Bertz CT molecular complexity index is 1360. The van der Waals surface area contributed by atoms with Crippen molar-refractivity contribution in [3.63, 3.8) is 0 Å². The Morgan fingerprint density at radius 3 is 2.07 bits per heavy atom. The highest BCUT2D eigenvalue weighted by Gasteiger charge is 2.32. The minimum atomic E-state index is -0.873. The number of hydrogen-bond donors (Lipinski definition) is 1. The smallest absolute Gasteiger partial charge is 0.420 e. The van der Waals surface area contributed by atoms with E-state index in [4.69, 9.17) is 20.0 Å². The molecule has 0 saturated carbocycles. The summed E-state index contributed by atoms with van der Waals surface area (Å²) in [6, 6.07) is 1.73. The van der Waals surface area contributed by atoms with Gasteiger partial charge in [-0.1, -0.05) is 6.92 Å². The lowest BCUT2D eigenvalue weighted by Gasteiger charge is -2.28. The van der Waals surface area contributed by atoms with Crippen molar-refractivity contribution in [2.24, 2.45) is 10.7 Å². The zero-order valence-electron chi connectivity index (χ0n) is 26.1. The molecule has 1 aliphatic heterocycles. The fourth-order valence-corrected chi connectivity index (χ4v) is 3.88. The summed E-state index contributed by atoms with van der Waals surface area (Å²) in [6.45, 7) is 14.5. The molecule has 0 saturated heterocycles. The number of fused-ring (bicyclic) bond motifs is 1. The number of amides is 3. The first-order valence-electron chi connectivity index (χ1n) is 14.1. The first-order chi connectivity index (χ1) is 20.1. The van der Waals surface area contributed by atoms with Crippen molar-refractivity contribution < 1.29 is 28.7 Å². The van der Waals surface area contributed by atoms with E-state index in [1.807, 2.05) is 13.8 Å². The van der Waals surface area contributed by atoms with Gasteiger partial charge in [0.1, 0.15) is 22.9 Å². The second kappa shape index (κ2) is 13.7. The first kappa shape index (κ1) is 33.1. The highest BCUT2D eigenvalue weighted by molar-refractivity contribution is 6.05. The van der Waals surface area contributed by atoms with Crippen LogP contribution in [0.4, 0.5) is 15.3 Å². The molecule has 43 heavy (non-hydrogen) atoms. The number of nitrogens with two attached hydrogens (primary N) is 1. The van der Waals surface area contributed by atoms with E-state index in [1.54, 1.807) is 59.9 Å². The SMILES string of the molecule is CCCN(OCC)C(=O)C1=Cc2cnc(-c3cnc(CN(C(=O)OC(C)(C)C)C(=O)OC(C)(C)C)nc3)cc2N=C(N)C1. The summed E-state index contributed by atoms with van der Waals surface area (Å²) in [4.78, 5) is 62.8. The van der Waals surface area contributed by atoms with Crippen LogP contribution in [-0.2, 0) is 25.7 Å². The van der Waals surface area contributed by atoms with Crippen LogP contribution in [0.5, 0.6) is 0 Å². The molecule has 13 heteroatoms.